The molecular formula is C19H30O4. The van der Waals surface area contributed by atoms with Gasteiger partial charge in [0.1, 0.15) is 5.78 Å². The third-order valence-electron chi connectivity index (χ3n) is 6.44. The number of hydrogen-bond acceptors (Lipinski definition) is 4. The molecule has 0 radical (unpaired) electrons. The first kappa shape index (κ1) is 16.9. The zero-order valence-corrected chi connectivity index (χ0v) is 14.4. The van der Waals surface area contributed by atoms with Crippen LogP contribution in [0.2, 0.25) is 0 Å². The largest absolute Gasteiger partial charge is 0.469 e. The molecule has 23 heavy (non-hydrogen) atoms. The molecular weight excluding hydrogens is 292 g/mol. The number of Topliss-reactive ketones (excluding diaryl/α,β-unsaturated/α-hetero) is 1. The van der Waals surface area contributed by atoms with E-state index in [1.165, 1.54) is 26.4 Å². The van der Waals surface area contributed by atoms with Gasteiger partial charge in [-0.1, -0.05) is 12.8 Å². The first-order valence-corrected chi connectivity index (χ1v) is 9.37. The van der Waals surface area contributed by atoms with Crippen LogP contribution in [0.1, 0.15) is 70.6 Å². The van der Waals surface area contributed by atoms with E-state index in [0.29, 0.717) is 18.3 Å². The number of ether oxygens (including phenoxy) is 2. The Morgan fingerprint density at radius 3 is 2.87 bits per heavy atom. The van der Waals surface area contributed by atoms with Crippen LogP contribution >= 0.6 is 0 Å². The molecule has 1 heterocycles. The minimum absolute atomic E-state index is 0.0603. The number of methoxy groups -OCH3 is 1. The van der Waals surface area contributed by atoms with Gasteiger partial charge in [0.15, 0.2) is 0 Å². The number of ketones is 1. The Kier molecular flexibility index (Phi) is 5.40. The van der Waals surface area contributed by atoms with Crippen LogP contribution in [-0.4, -0.2) is 31.6 Å². The maximum atomic E-state index is 12.2. The minimum atomic E-state index is -0.119. The van der Waals surface area contributed by atoms with E-state index in [1.54, 1.807) is 0 Å². The Hall–Kier alpha value is -0.900. The molecule has 2 bridgehead atoms. The summed E-state index contributed by atoms with van der Waals surface area (Å²) in [6, 6.07) is 0. The van der Waals surface area contributed by atoms with Crippen molar-refractivity contribution in [3.05, 3.63) is 0 Å². The molecule has 4 heteroatoms. The molecule has 3 saturated carbocycles. The average Bonchev–Trinajstić information content (AvgIpc) is 2.59. The van der Waals surface area contributed by atoms with E-state index in [1.807, 2.05) is 0 Å². The predicted molar refractivity (Wildman–Crippen MR) is 87.0 cm³/mol. The molecule has 3 aliphatic carbocycles. The summed E-state index contributed by atoms with van der Waals surface area (Å²) in [5, 5.41) is 0. The molecule has 4 atom stereocenters. The number of hydrogen-bond donors (Lipinski definition) is 0. The summed E-state index contributed by atoms with van der Waals surface area (Å²) in [7, 11) is 1.47. The number of carbonyl (C=O) groups excluding carboxylic acids is 2. The van der Waals surface area contributed by atoms with E-state index in [0.717, 1.165) is 51.6 Å². The highest BCUT2D eigenvalue weighted by Gasteiger charge is 2.54. The maximum absolute atomic E-state index is 12.2. The Bertz CT molecular complexity index is 441. The van der Waals surface area contributed by atoms with Crippen LogP contribution in [0.5, 0.6) is 0 Å². The zero-order chi connectivity index (χ0) is 16.3. The van der Waals surface area contributed by atoms with E-state index in [-0.39, 0.29) is 23.2 Å². The summed E-state index contributed by atoms with van der Waals surface area (Å²) in [5.41, 5.74) is -0.119. The van der Waals surface area contributed by atoms with E-state index in [4.69, 9.17) is 9.47 Å². The van der Waals surface area contributed by atoms with Gasteiger partial charge in [-0.05, 0) is 56.8 Å². The Balaban J connectivity index is 1.54. The summed E-state index contributed by atoms with van der Waals surface area (Å²) in [6.07, 6.45) is 11.7. The molecule has 1 saturated heterocycles. The molecule has 4 rings (SSSR count). The SMILES string of the molecule is COC(=O)C1CC2CCC1(CCCCC1CCCCO1)CC2=O. The topological polar surface area (TPSA) is 52.6 Å². The second-order valence-electron chi connectivity index (χ2n) is 7.79. The molecule has 0 spiro atoms. The van der Waals surface area contributed by atoms with Crippen molar-refractivity contribution in [1.82, 2.24) is 0 Å². The van der Waals surface area contributed by atoms with Crippen molar-refractivity contribution in [2.24, 2.45) is 17.3 Å². The van der Waals surface area contributed by atoms with Gasteiger partial charge in [-0.2, -0.15) is 0 Å². The highest BCUT2D eigenvalue weighted by molar-refractivity contribution is 5.87. The Morgan fingerprint density at radius 2 is 2.17 bits per heavy atom. The smallest absolute Gasteiger partial charge is 0.309 e. The zero-order valence-electron chi connectivity index (χ0n) is 14.4. The molecule has 0 aromatic carbocycles. The number of fused-ring (bicyclic) bond motifs is 3. The molecule has 0 aromatic heterocycles. The molecule has 4 aliphatic rings. The monoisotopic (exact) mass is 322 g/mol. The second-order valence-corrected chi connectivity index (χ2v) is 7.79. The highest BCUT2D eigenvalue weighted by Crippen LogP contribution is 2.55. The highest BCUT2D eigenvalue weighted by atomic mass is 16.5. The van der Waals surface area contributed by atoms with E-state index in [2.05, 4.69) is 0 Å². The van der Waals surface area contributed by atoms with Crippen molar-refractivity contribution in [2.45, 2.75) is 76.7 Å². The molecule has 4 unspecified atom stereocenters. The van der Waals surface area contributed by atoms with Crippen molar-refractivity contribution in [1.29, 1.82) is 0 Å². The summed E-state index contributed by atoms with van der Waals surface area (Å²) in [4.78, 5) is 24.4. The molecule has 130 valence electrons. The lowest BCUT2D eigenvalue weighted by molar-refractivity contribution is -0.162. The Morgan fingerprint density at radius 1 is 1.30 bits per heavy atom. The van der Waals surface area contributed by atoms with Gasteiger partial charge in [0.25, 0.3) is 0 Å². The molecule has 0 aromatic rings. The van der Waals surface area contributed by atoms with Crippen molar-refractivity contribution in [3.63, 3.8) is 0 Å². The van der Waals surface area contributed by atoms with E-state index >= 15 is 0 Å². The van der Waals surface area contributed by atoms with Crippen molar-refractivity contribution < 1.29 is 19.1 Å². The number of unbranched alkanes of at least 4 members (excludes halogenated alkanes) is 1. The van der Waals surface area contributed by atoms with Crippen LogP contribution in [-0.2, 0) is 19.1 Å². The maximum Gasteiger partial charge on any atom is 0.309 e. The van der Waals surface area contributed by atoms with E-state index < -0.39 is 0 Å². The van der Waals surface area contributed by atoms with Gasteiger partial charge in [-0.25, -0.2) is 0 Å². The van der Waals surface area contributed by atoms with E-state index in [9.17, 15) is 9.59 Å². The van der Waals surface area contributed by atoms with Crippen LogP contribution in [0.4, 0.5) is 0 Å². The third kappa shape index (κ3) is 3.62. The van der Waals surface area contributed by atoms with Gasteiger partial charge in [0, 0.05) is 18.9 Å². The number of rotatable bonds is 6. The second kappa shape index (κ2) is 7.33. The summed E-state index contributed by atoms with van der Waals surface area (Å²) >= 11 is 0. The fourth-order valence-corrected chi connectivity index (χ4v) is 5.04. The average molecular weight is 322 g/mol. The van der Waals surface area contributed by atoms with Crippen LogP contribution in [0, 0.1) is 17.3 Å². The van der Waals surface area contributed by atoms with Crippen molar-refractivity contribution in [3.8, 4) is 0 Å². The lowest BCUT2D eigenvalue weighted by atomic mass is 9.53. The summed E-state index contributed by atoms with van der Waals surface area (Å²) < 4.78 is 10.8. The molecule has 1 aliphatic heterocycles. The van der Waals surface area contributed by atoms with Crippen LogP contribution < -0.4 is 0 Å². The van der Waals surface area contributed by atoms with Gasteiger partial charge >= 0.3 is 5.97 Å². The summed E-state index contributed by atoms with van der Waals surface area (Å²) in [6.45, 7) is 0.912. The van der Waals surface area contributed by atoms with Gasteiger partial charge in [0.05, 0.1) is 19.1 Å². The molecule has 4 nitrogen and oxygen atoms in total. The molecule has 4 fully saturated rings. The fourth-order valence-electron chi connectivity index (χ4n) is 5.04. The van der Waals surface area contributed by atoms with Crippen LogP contribution in [0.25, 0.3) is 0 Å². The quantitative estimate of drug-likeness (QED) is 0.553. The lowest BCUT2D eigenvalue weighted by Crippen LogP contribution is -2.50. The first-order valence-electron chi connectivity index (χ1n) is 9.37. The third-order valence-corrected chi connectivity index (χ3v) is 6.44. The normalized spacial score (nSPS) is 36.9. The van der Waals surface area contributed by atoms with Gasteiger partial charge < -0.3 is 9.47 Å². The predicted octanol–water partition coefficient (Wildman–Crippen LogP) is 3.66. The number of carbonyl (C=O) groups is 2. The van der Waals surface area contributed by atoms with Crippen LogP contribution in [0.3, 0.4) is 0 Å². The van der Waals surface area contributed by atoms with Gasteiger partial charge in [0.2, 0.25) is 0 Å². The minimum Gasteiger partial charge on any atom is -0.469 e. The lowest BCUT2D eigenvalue weighted by Gasteiger charge is -2.50. The fraction of sp³-hybridized carbons (Fsp3) is 0.895. The Labute approximate surface area is 139 Å². The van der Waals surface area contributed by atoms with Crippen molar-refractivity contribution in [2.75, 3.05) is 13.7 Å². The summed E-state index contributed by atoms with van der Waals surface area (Å²) in [5.74, 6) is 0.330. The van der Waals surface area contributed by atoms with Gasteiger partial charge in [-0.15, -0.1) is 0 Å². The van der Waals surface area contributed by atoms with Crippen molar-refractivity contribution >= 4 is 11.8 Å². The molecule has 0 amide bonds. The standard InChI is InChI=1S/C19H30O4/c1-22-18(21)16-12-14-8-10-19(16,13-17(14)20)9-4-2-6-15-7-3-5-11-23-15/h14-16H,2-13H2,1H3. The van der Waals surface area contributed by atoms with Crippen LogP contribution in [0.15, 0.2) is 0 Å². The molecule has 0 N–H and O–H groups in total. The van der Waals surface area contributed by atoms with Gasteiger partial charge in [-0.3, -0.25) is 9.59 Å². The number of esters is 1. The first-order chi connectivity index (χ1) is 11.1.